The Morgan fingerprint density at radius 1 is 1.22 bits per heavy atom. The Balaban J connectivity index is 1.89. The lowest BCUT2D eigenvalue weighted by molar-refractivity contribution is 0.274. The van der Waals surface area contributed by atoms with E-state index in [9.17, 15) is 0 Å². The molecule has 1 unspecified atom stereocenters. The minimum absolute atomic E-state index is 0.161. The Bertz CT molecular complexity index is 558. The van der Waals surface area contributed by atoms with Gasteiger partial charge < -0.3 is 15.8 Å². The van der Waals surface area contributed by atoms with E-state index < -0.39 is 0 Å². The molecule has 1 aromatic heterocycles. The number of para-hydroxylation sites is 1. The molecule has 2 heterocycles. The highest BCUT2D eigenvalue weighted by Crippen LogP contribution is 2.34. The Hall–Kier alpha value is -2.30. The van der Waals surface area contributed by atoms with Crippen molar-refractivity contribution in [1.29, 1.82) is 0 Å². The van der Waals surface area contributed by atoms with Crippen LogP contribution >= 0.6 is 0 Å². The molecule has 18 heavy (non-hydrogen) atoms. The maximum atomic E-state index is 5.79. The molecule has 2 aromatic rings. The number of fused-ring (bicyclic) bond motifs is 1. The van der Waals surface area contributed by atoms with Crippen LogP contribution in [-0.4, -0.2) is 16.6 Å². The second kappa shape index (κ2) is 4.52. The number of anilines is 2. The normalized spacial score (nSPS) is 17.7. The summed E-state index contributed by atoms with van der Waals surface area (Å²) < 4.78 is 5.61. The van der Waals surface area contributed by atoms with Crippen molar-refractivity contribution >= 4 is 11.6 Å². The maximum absolute atomic E-state index is 5.79. The van der Waals surface area contributed by atoms with E-state index in [2.05, 4.69) is 21.4 Å². The lowest BCUT2D eigenvalue weighted by Crippen LogP contribution is -2.21. The number of nitrogen functional groups attached to an aromatic ring is 1. The van der Waals surface area contributed by atoms with E-state index in [0.717, 1.165) is 17.7 Å². The van der Waals surface area contributed by atoms with Crippen LogP contribution in [0.4, 0.5) is 11.6 Å². The van der Waals surface area contributed by atoms with Gasteiger partial charge in [-0.1, -0.05) is 18.2 Å². The van der Waals surface area contributed by atoms with Crippen LogP contribution in [0.5, 0.6) is 5.75 Å². The lowest BCUT2D eigenvalue weighted by atomic mass is 10.0. The summed E-state index contributed by atoms with van der Waals surface area (Å²) in [4.78, 5) is 8.23. The molecule has 0 amide bonds. The minimum atomic E-state index is 0.161. The van der Waals surface area contributed by atoms with Crippen LogP contribution in [0.3, 0.4) is 0 Å². The van der Waals surface area contributed by atoms with E-state index in [-0.39, 0.29) is 6.04 Å². The maximum Gasteiger partial charge on any atom is 0.169 e. The van der Waals surface area contributed by atoms with Crippen molar-refractivity contribution in [2.24, 2.45) is 0 Å². The van der Waals surface area contributed by atoms with Gasteiger partial charge in [0.2, 0.25) is 0 Å². The molecule has 5 heteroatoms. The van der Waals surface area contributed by atoms with E-state index in [0.29, 0.717) is 18.2 Å². The summed E-state index contributed by atoms with van der Waals surface area (Å²) in [5, 5.41) is 3.33. The number of benzene rings is 1. The zero-order valence-corrected chi connectivity index (χ0v) is 9.84. The van der Waals surface area contributed by atoms with E-state index >= 15 is 0 Å². The Labute approximate surface area is 105 Å². The fraction of sp³-hybridized carbons (Fsp3) is 0.231. The van der Waals surface area contributed by atoms with Gasteiger partial charge in [0.15, 0.2) is 11.6 Å². The van der Waals surface area contributed by atoms with Gasteiger partial charge in [0.25, 0.3) is 0 Å². The number of nitrogens with zero attached hydrogens (tertiary/aromatic N) is 2. The van der Waals surface area contributed by atoms with Gasteiger partial charge in [-0.2, -0.15) is 0 Å². The van der Waals surface area contributed by atoms with Crippen molar-refractivity contribution in [2.75, 3.05) is 17.7 Å². The molecule has 5 nitrogen and oxygen atoms in total. The molecule has 0 saturated carbocycles. The predicted molar refractivity (Wildman–Crippen MR) is 69.4 cm³/mol. The molecular formula is C13H14N4O. The Morgan fingerprint density at radius 3 is 2.94 bits per heavy atom. The number of nitrogens with one attached hydrogen (secondary N) is 1. The summed E-state index contributed by atoms with van der Waals surface area (Å²) in [6, 6.07) is 8.16. The molecule has 1 aliphatic heterocycles. The van der Waals surface area contributed by atoms with Gasteiger partial charge in [-0.3, -0.25) is 0 Å². The van der Waals surface area contributed by atoms with Crippen molar-refractivity contribution in [3.05, 3.63) is 42.2 Å². The smallest absolute Gasteiger partial charge is 0.169 e. The highest BCUT2D eigenvalue weighted by atomic mass is 16.5. The van der Waals surface area contributed by atoms with Crippen molar-refractivity contribution in [3.8, 4) is 5.75 Å². The molecule has 0 spiro atoms. The Kier molecular flexibility index (Phi) is 2.72. The van der Waals surface area contributed by atoms with Crippen LogP contribution < -0.4 is 15.8 Å². The number of hydrogen-bond donors (Lipinski definition) is 2. The fourth-order valence-corrected chi connectivity index (χ4v) is 2.12. The zero-order valence-electron chi connectivity index (χ0n) is 9.84. The molecule has 92 valence electrons. The number of nitrogens with two attached hydrogens (primary N) is 1. The summed E-state index contributed by atoms with van der Waals surface area (Å²) in [5.41, 5.74) is 6.92. The van der Waals surface area contributed by atoms with Gasteiger partial charge in [-0.15, -0.1) is 0 Å². The summed E-state index contributed by atoms with van der Waals surface area (Å²) >= 11 is 0. The first-order valence-electron chi connectivity index (χ1n) is 5.89. The second-order valence-corrected chi connectivity index (χ2v) is 4.16. The summed E-state index contributed by atoms with van der Waals surface area (Å²) in [5.74, 6) is 1.96. The highest BCUT2D eigenvalue weighted by Gasteiger charge is 2.21. The number of hydrogen-bond acceptors (Lipinski definition) is 5. The third-order valence-corrected chi connectivity index (χ3v) is 3.00. The molecule has 0 bridgehead atoms. The molecule has 0 saturated heterocycles. The molecule has 1 aliphatic rings. The molecule has 0 aliphatic carbocycles. The number of rotatable bonds is 2. The number of aromatic nitrogens is 2. The zero-order chi connectivity index (χ0) is 12.4. The van der Waals surface area contributed by atoms with Gasteiger partial charge >= 0.3 is 0 Å². The van der Waals surface area contributed by atoms with Crippen LogP contribution in [0.1, 0.15) is 18.0 Å². The van der Waals surface area contributed by atoms with Gasteiger partial charge in [-0.25, -0.2) is 9.97 Å². The summed E-state index contributed by atoms with van der Waals surface area (Å²) in [6.45, 7) is 0.689. The van der Waals surface area contributed by atoms with Crippen LogP contribution in [0.25, 0.3) is 0 Å². The monoisotopic (exact) mass is 242 g/mol. The first-order valence-corrected chi connectivity index (χ1v) is 5.89. The van der Waals surface area contributed by atoms with Gasteiger partial charge in [-0.05, 0) is 6.07 Å². The van der Waals surface area contributed by atoms with Crippen LogP contribution in [-0.2, 0) is 0 Å². The van der Waals surface area contributed by atoms with Crippen LogP contribution in [0, 0.1) is 0 Å². The minimum Gasteiger partial charge on any atom is -0.493 e. The average molecular weight is 242 g/mol. The van der Waals surface area contributed by atoms with Gasteiger partial charge in [0.05, 0.1) is 12.6 Å². The standard InChI is InChI=1S/C13H14N4O/c14-12-13(16-7-6-15-12)17-10-5-8-18-11-4-2-1-3-9(10)11/h1-4,6-7,10H,5,8H2,(H2,14,15)(H,16,17). The quantitative estimate of drug-likeness (QED) is 0.842. The molecule has 3 N–H and O–H groups in total. The first-order chi connectivity index (χ1) is 8.84. The van der Waals surface area contributed by atoms with Gasteiger partial charge in [0.1, 0.15) is 5.75 Å². The SMILES string of the molecule is Nc1nccnc1NC1CCOc2ccccc21. The van der Waals surface area contributed by atoms with Crippen molar-refractivity contribution < 1.29 is 4.74 Å². The molecule has 0 radical (unpaired) electrons. The van der Waals surface area contributed by atoms with E-state index in [4.69, 9.17) is 10.5 Å². The summed E-state index contributed by atoms with van der Waals surface area (Å²) in [6.07, 6.45) is 4.09. The molecular weight excluding hydrogens is 228 g/mol. The topological polar surface area (TPSA) is 73.1 Å². The van der Waals surface area contributed by atoms with E-state index in [1.807, 2.05) is 18.2 Å². The molecule has 1 atom stereocenters. The predicted octanol–water partition coefficient (Wildman–Crippen LogP) is 1.99. The first kappa shape index (κ1) is 10.8. The van der Waals surface area contributed by atoms with Crippen LogP contribution in [0.2, 0.25) is 0 Å². The lowest BCUT2D eigenvalue weighted by Gasteiger charge is -2.27. The van der Waals surface area contributed by atoms with Crippen LogP contribution in [0.15, 0.2) is 36.7 Å². The van der Waals surface area contributed by atoms with Crippen molar-refractivity contribution in [2.45, 2.75) is 12.5 Å². The third kappa shape index (κ3) is 1.95. The van der Waals surface area contributed by atoms with E-state index in [1.54, 1.807) is 12.4 Å². The Morgan fingerprint density at radius 2 is 2.06 bits per heavy atom. The second-order valence-electron chi connectivity index (χ2n) is 4.16. The van der Waals surface area contributed by atoms with Crippen molar-refractivity contribution in [3.63, 3.8) is 0 Å². The van der Waals surface area contributed by atoms with Gasteiger partial charge in [0, 0.05) is 24.4 Å². The molecule has 3 rings (SSSR count). The fourth-order valence-electron chi connectivity index (χ4n) is 2.12. The third-order valence-electron chi connectivity index (χ3n) is 3.00. The largest absolute Gasteiger partial charge is 0.493 e. The molecule has 0 fully saturated rings. The summed E-state index contributed by atoms with van der Waals surface area (Å²) in [7, 11) is 0. The average Bonchev–Trinajstić information content (AvgIpc) is 2.42. The van der Waals surface area contributed by atoms with Crippen molar-refractivity contribution in [1.82, 2.24) is 9.97 Å². The highest BCUT2D eigenvalue weighted by molar-refractivity contribution is 5.57. The van der Waals surface area contributed by atoms with E-state index in [1.165, 1.54) is 0 Å². The molecule has 1 aromatic carbocycles. The number of ether oxygens (including phenoxy) is 1.